The van der Waals surface area contributed by atoms with Crippen LogP contribution in [0.15, 0.2) is 12.3 Å². The maximum atomic E-state index is 12.7. The number of rotatable bonds is 8. The zero-order valence-corrected chi connectivity index (χ0v) is 19.7. The van der Waals surface area contributed by atoms with Gasteiger partial charge in [-0.3, -0.25) is 0 Å². The summed E-state index contributed by atoms with van der Waals surface area (Å²) in [6.07, 6.45) is 4.80. The Morgan fingerprint density at radius 2 is 1.87 bits per heavy atom. The Hall–Kier alpha value is -2.19. The first-order valence-electron chi connectivity index (χ1n) is 11.2. The van der Waals surface area contributed by atoms with Crippen LogP contribution in [0, 0.1) is 6.92 Å². The van der Waals surface area contributed by atoms with E-state index in [1.165, 1.54) is 0 Å². The highest BCUT2D eigenvalue weighted by Crippen LogP contribution is 2.35. The number of aromatic nitrogens is 3. The van der Waals surface area contributed by atoms with E-state index in [0.717, 1.165) is 42.4 Å². The highest BCUT2D eigenvalue weighted by atomic mass is 16.7. The van der Waals surface area contributed by atoms with Crippen molar-refractivity contribution in [1.82, 2.24) is 19.9 Å². The summed E-state index contributed by atoms with van der Waals surface area (Å²) in [6, 6.07) is 2.03. The molecular formula is C23H36N4O4. The molecule has 2 aromatic heterocycles. The summed E-state index contributed by atoms with van der Waals surface area (Å²) in [5.74, 6) is 0.698. The summed E-state index contributed by atoms with van der Waals surface area (Å²) in [7, 11) is 0. The summed E-state index contributed by atoms with van der Waals surface area (Å²) in [5.41, 5.74) is 0.749. The SMILES string of the molecule is CCOC(OCC)c1cc2cnc(C)nc2n1CC1(NC(=O)OC(C)(C)C)CCCC1. The molecule has 0 unspecified atom stereocenters. The average molecular weight is 433 g/mol. The van der Waals surface area contributed by atoms with Crippen molar-refractivity contribution in [1.29, 1.82) is 0 Å². The van der Waals surface area contributed by atoms with Gasteiger partial charge in [0, 0.05) is 31.3 Å². The Kier molecular flexibility index (Phi) is 7.21. The molecule has 8 nitrogen and oxygen atoms in total. The standard InChI is InChI=1S/C23H36N4O4/c1-7-29-20(30-8-2)18-13-17-14-24-16(3)25-19(17)27(18)15-23(11-9-10-12-23)26-21(28)31-22(4,5)6/h13-14,20H,7-12,15H2,1-6H3,(H,26,28). The highest BCUT2D eigenvalue weighted by Gasteiger charge is 2.38. The van der Waals surface area contributed by atoms with Crippen molar-refractivity contribution in [2.45, 2.75) is 91.2 Å². The largest absolute Gasteiger partial charge is 0.444 e. The first kappa shape index (κ1) is 23.5. The molecule has 0 aliphatic heterocycles. The third kappa shape index (κ3) is 5.74. The van der Waals surface area contributed by atoms with E-state index in [1.54, 1.807) is 0 Å². The zero-order chi connectivity index (χ0) is 22.6. The van der Waals surface area contributed by atoms with Gasteiger partial charge < -0.3 is 24.1 Å². The molecule has 172 valence electrons. The molecular weight excluding hydrogens is 396 g/mol. The Morgan fingerprint density at radius 3 is 2.45 bits per heavy atom. The van der Waals surface area contributed by atoms with Crippen LogP contribution in [0.25, 0.3) is 11.0 Å². The van der Waals surface area contributed by atoms with Gasteiger partial charge >= 0.3 is 6.09 Å². The Balaban J connectivity index is 2.01. The number of alkyl carbamates (subject to hydrolysis) is 1. The van der Waals surface area contributed by atoms with Crippen molar-refractivity contribution in [3.05, 3.63) is 23.8 Å². The van der Waals surface area contributed by atoms with Crippen molar-refractivity contribution in [2.75, 3.05) is 13.2 Å². The van der Waals surface area contributed by atoms with Crippen LogP contribution < -0.4 is 5.32 Å². The summed E-state index contributed by atoms with van der Waals surface area (Å²) >= 11 is 0. The van der Waals surface area contributed by atoms with Gasteiger partial charge in [-0.15, -0.1) is 0 Å². The molecule has 1 N–H and O–H groups in total. The van der Waals surface area contributed by atoms with Crippen molar-refractivity contribution in [3.63, 3.8) is 0 Å². The van der Waals surface area contributed by atoms with E-state index < -0.39 is 17.4 Å². The molecule has 2 heterocycles. The van der Waals surface area contributed by atoms with Gasteiger partial charge in [0.15, 0.2) is 6.29 Å². The number of nitrogens with zero attached hydrogens (tertiary/aromatic N) is 3. The minimum Gasteiger partial charge on any atom is -0.444 e. The van der Waals surface area contributed by atoms with Crippen LogP contribution in [0.4, 0.5) is 4.79 Å². The molecule has 0 atom stereocenters. The van der Waals surface area contributed by atoms with E-state index in [-0.39, 0.29) is 6.09 Å². The fraction of sp³-hybridized carbons (Fsp3) is 0.696. The molecule has 31 heavy (non-hydrogen) atoms. The van der Waals surface area contributed by atoms with E-state index in [9.17, 15) is 4.79 Å². The fourth-order valence-corrected chi connectivity index (χ4v) is 4.23. The molecule has 1 aliphatic rings. The van der Waals surface area contributed by atoms with E-state index in [1.807, 2.05) is 53.8 Å². The Labute approximate surface area is 184 Å². The van der Waals surface area contributed by atoms with Crippen molar-refractivity contribution < 1.29 is 19.0 Å². The van der Waals surface area contributed by atoms with Gasteiger partial charge in [0.05, 0.1) is 11.2 Å². The van der Waals surface area contributed by atoms with Gasteiger partial charge in [-0.2, -0.15) is 0 Å². The predicted molar refractivity (Wildman–Crippen MR) is 119 cm³/mol. The lowest BCUT2D eigenvalue weighted by Gasteiger charge is -2.33. The quantitative estimate of drug-likeness (QED) is 0.611. The van der Waals surface area contributed by atoms with Gasteiger partial charge in [-0.05, 0) is 60.5 Å². The number of hydrogen-bond acceptors (Lipinski definition) is 6. The minimum atomic E-state index is -0.547. The fourth-order valence-electron chi connectivity index (χ4n) is 4.23. The summed E-state index contributed by atoms with van der Waals surface area (Å²) in [5, 5.41) is 4.12. The minimum absolute atomic E-state index is 0.385. The predicted octanol–water partition coefficient (Wildman–Crippen LogP) is 4.65. The first-order valence-corrected chi connectivity index (χ1v) is 11.2. The van der Waals surface area contributed by atoms with Crippen molar-refractivity contribution in [2.24, 2.45) is 0 Å². The van der Waals surface area contributed by atoms with Crippen LogP contribution >= 0.6 is 0 Å². The Morgan fingerprint density at radius 1 is 1.23 bits per heavy atom. The zero-order valence-electron chi connectivity index (χ0n) is 19.7. The van der Waals surface area contributed by atoms with Gasteiger partial charge in [0.2, 0.25) is 0 Å². The number of carbonyl (C=O) groups is 1. The summed E-state index contributed by atoms with van der Waals surface area (Å²) in [4.78, 5) is 21.7. The maximum absolute atomic E-state index is 12.7. The second-order valence-electron chi connectivity index (χ2n) is 9.21. The molecule has 1 amide bonds. The number of aryl methyl sites for hydroxylation is 1. The van der Waals surface area contributed by atoms with Gasteiger partial charge in [0.25, 0.3) is 0 Å². The molecule has 0 spiro atoms. The second-order valence-corrected chi connectivity index (χ2v) is 9.21. The molecule has 0 aromatic carbocycles. The van der Waals surface area contributed by atoms with Crippen LogP contribution in [0.3, 0.4) is 0 Å². The first-order chi connectivity index (χ1) is 14.7. The van der Waals surface area contributed by atoms with E-state index in [0.29, 0.717) is 25.6 Å². The van der Waals surface area contributed by atoms with Gasteiger partial charge in [-0.25, -0.2) is 14.8 Å². The van der Waals surface area contributed by atoms with E-state index in [2.05, 4.69) is 14.9 Å². The smallest absolute Gasteiger partial charge is 0.408 e. The number of hydrogen-bond donors (Lipinski definition) is 1. The van der Waals surface area contributed by atoms with Crippen LogP contribution in [-0.4, -0.2) is 45.0 Å². The Bertz CT molecular complexity index is 891. The summed E-state index contributed by atoms with van der Waals surface area (Å²) < 4.78 is 19.5. The highest BCUT2D eigenvalue weighted by molar-refractivity contribution is 5.77. The van der Waals surface area contributed by atoms with Crippen LogP contribution in [0.5, 0.6) is 0 Å². The normalized spacial score (nSPS) is 16.2. The lowest BCUT2D eigenvalue weighted by molar-refractivity contribution is -0.144. The molecule has 0 radical (unpaired) electrons. The molecule has 3 rings (SSSR count). The van der Waals surface area contributed by atoms with Crippen LogP contribution in [0.2, 0.25) is 0 Å². The lowest BCUT2D eigenvalue weighted by Crippen LogP contribution is -2.51. The number of fused-ring (bicyclic) bond motifs is 1. The molecule has 1 fully saturated rings. The second kappa shape index (κ2) is 9.53. The van der Waals surface area contributed by atoms with Crippen LogP contribution in [-0.2, 0) is 20.8 Å². The van der Waals surface area contributed by atoms with Gasteiger partial charge in [-0.1, -0.05) is 12.8 Å². The molecule has 0 bridgehead atoms. The molecule has 8 heteroatoms. The maximum Gasteiger partial charge on any atom is 0.408 e. The van der Waals surface area contributed by atoms with Gasteiger partial charge in [0.1, 0.15) is 17.1 Å². The monoisotopic (exact) mass is 432 g/mol. The third-order valence-corrected chi connectivity index (χ3v) is 5.45. The number of carbonyl (C=O) groups excluding carboxylic acids is 1. The van der Waals surface area contributed by atoms with Crippen LogP contribution in [0.1, 0.15) is 78.1 Å². The number of nitrogens with one attached hydrogen (secondary N) is 1. The van der Waals surface area contributed by atoms with E-state index in [4.69, 9.17) is 19.2 Å². The molecule has 0 saturated heterocycles. The molecule has 2 aromatic rings. The third-order valence-electron chi connectivity index (χ3n) is 5.45. The summed E-state index contributed by atoms with van der Waals surface area (Å²) in [6.45, 7) is 13.0. The average Bonchev–Trinajstić information content (AvgIpc) is 3.25. The molecule has 1 saturated carbocycles. The topological polar surface area (TPSA) is 87.5 Å². The molecule has 1 aliphatic carbocycles. The lowest BCUT2D eigenvalue weighted by atomic mass is 9.97. The van der Waals surface area contributed by atoms with Crippen molar-refractivity contribution in [3.8, 4) is 0 Å². The van der Waals surface area contributed by atoms with E-state index >= 15 is 0 Å². The van der Waals surface area contributed by atoms with Crippen molar-refractivity contribution >= 4 is 17.1 Å². The number of ether oxygens (including phenoxy) is 3. The number of amides is 1.